The van der Waals surface area contributed by atoms with Gasteiger partial charge < -0.3 is 9.52 Å². The zero-order valence-corrected chi connectivity index (χ0v) is 15.3. The Morgan fingerprint density at radius 3 is 2.44 bits per heavy atom. The molecule has 25 heavy (non-hydrogen) atoms. The lowest BCUT2D eigenvalue weighted by Gasteiger charge is -1.97. The summed E-state index contributed by atoms with van der Waals surface area (Å²) in [4.78, 5) is 15.5. The highest BCUT2D eigenvalue weighted by Crippen LogP contribution is 2.46. The minimum Gasteiger partial charge on any atom is -0.478 e. The molecule has 0 atom stereocenters. The van der Waals surface area contributed by atoms with Gasteiger partial charge in [0.05, 0.1) is 4.88 Å². The van der Waals surface area contributed by atoms with Crippen LogP contribution in [-0.2, 0) is 4.79 Å². The molecule has 4 heterocycles. The zero-order chi connectivity index (χ0) is 17.2. The first-order valence-electron chi connectivity index (χ1n) is 7.43. The van der Waals surface area contributed by atoms with Crippen LogP contribution >= 0.6 is 34.0 Å². The predicted octanol–water partition coefficient (Wildman–Crippen LogP) is 6.56. The monoisotopic (exact) mass is 384 g/mol. The molecule has 0 unspecified atom stereocenters. The number of hydrogen-bond acceptors (Lipinski definition) is 5. The van der Waals surface area contributed by atoms with Crippen molar-refractivity contribution in [1.29, 1.82) is 0 Å². The van der Waals surface area contributed by atoms with Crippen LogP contribution in [0.2, 0.25) is 0 Å². The van der Waals surface area contributed by atoms with Crippen LogP contribution in [0.25, 0.3) is 36.9 Å². The van der Waals surface area contributed by atoms with E-state index in [0.29, 0.717) is 5.76 Å². The molecule has 0 amide bonds. The second-order valence-electron chi connectivity index (χ2n) is 5.18. The van der Waals surface area contributed by atoms with Gasteiger partial charge in [-0.2, -0.15) is 0 Å². The number of carboxylic acids is 1. The van der Waals surface area contributed by atoms with E-state index in [1.54, 1.807) is 40.1 Å². The van der Waals surface area contributed by atoms with Crippen LogP contribution < -0.4 is 0 Å². The van der Waals surface area contributed by atoms with Gasteiger partial charge in [0, 0.05) is 26.3 Å². The normalized spacial score (nSPS) is 11.4. The molecule has 4 rings (SSSR count). The van der Waals surface area contributed by atoms with Crippen molar-refractivity contribution >= 4 is 46.1 Å². The molecule has 0 fully saturated rings. The number of rotatable bonds is 5. The van der Waals surface area contributed by atoms with E-state index in [4.69, 9.17) is 9.52 Å². The van der Waals surface area contributed by atoms with Gasteiger partial charge in [-0.05, 0) is 47.2 Å². The maximum atomic E-state index is 10.7. The molecule has 1 N–H and O–H groups in total. The van der Waals surface area contributed by atoms with E-state index in [1.165, 1.54) is 25.6 Å². The SMILES string of the molecule is O=C(O)C=Cc1ccc(-c2cc(-c3cccs3)sc2-c2cccs2)o1. The molecule has 4 aromatic heterocycles. The third kappa shape index (κ3) is 3.37. The molecule has 124 valence electrons. The molecular formula is C19H12O3S3. The fourth-order valence-corrected chi connectivity index (χ4v) is 5.30. The predicted molar refractivity (Wildman–Crippen MR) is 105 cm³/mol. The van der Waals surface area contributed by atoms with E-state index in [0.717, 1.165) is 17.4 Å². The minimum atomic E-state index is -0.993. The summed E-state index contributed by atoms with van der Waals surface area (Å²) in [5, 5.41) is 12.9. The van der Waals surface area contributed by atoms with Gasteiger partial charge in [0.15, 0.2) is 0 Å². The lowest BCUT2D eigenvalue weighted by atomic mass is 10.1. The summed E-state index contributed by atoms with van der Waals surface area (Å²) >= 11 is 5.16. The van der Waals surface area contributed by atoms with Crippen LogP contribution in [-0.4, -0.2) is 11.1 Å². The first kappa shape index (κ1) is 16.1. The molecule has 3 nitrogen and oxygen atoms in total. The Labute approximate surface area is 156 Å². The molecule has 0 spiro atoms. The number of carbonyl (C=O) groups is 1. The molecule has 0 bridgehead atoms. The number of carboxylic acid groups (broad SMARTS) is 1. The van der Waals surface area contributed by atoms with E-state index in [2.05, 4.69) is 29.0 Å². The average molecular weight is 385 g/mol. The van der Waals surface area contributed by atoms with Crippen LogP contribution in [0.5, 0.6) is 0 Å². The highest BCUT2D eigenvalue weighted by atomic mass is 32.1. The van der Waals surface area contributed by atoms with Crippen LogP contribution in [0.3, 0.4) is 0 Å². The van der Waals surface area contributed by atoms with Crippen molar-refractivity contribution < 1.29 is 14.3 Å². The van der Waals surface area contributed by atoms with E-state index in [9.17, 15) is 4.79 Å². The smallest absolute Gasteiger partial charge is 0.328 e. The second kappa shape index (κ2) is 6.84. The van der Waals surface area contributed by atoms with Gasteiger partial charge in [0.2, 0.25) is 0 Å². The maximum absolute atomic E-state index is 10.7. The summed E-state index contributed by atoms with van der Waals surface area (Å²) in [7, 11) is 0. The van der Waals surface area contributed by atoms with Crippen molar-refractivity contribution in [3.8, 4) is 30.8 Å². The molecular weight excluding hydrogens is 372 g/mol. The lowest BCUT2D eigenvalue weighted by molar-refractivity contribution is -0.131. The van der Waals surface area contributed by atoms with Gasteiger partial charge in [0.1, 0.15) is 11.5 Å². The van der Waals surface area contributed by atoms with Gasteiger partial charge >= 0.3 is 5.97 Å². The molecule has 0 aliphatic rings. The Morgan fingerprint density at radius 2 is 1.76 bits per heavy atom. The van der Waals surface area contributed by atoms with Crippen LogP contribution in [0.4, 0.5) is 0 Å². The van der Waals surface area contributed by atoms with Gasteiger partial charge in [-0.15, -0.1) is 34.0 Å². The second-order valence-corrected chi connectivity index (χ2v) is 8.13. The number of aliphatic carboxylic acids is 1. The maximum Gasteiger partial charge on any atom is 0.328 e. The Kier molecular flexibility index (Phi) is 4.40. The van der Waals surface area contributed by atoms with Crippen molar-refractivity contribution in [2.75, 3.05) is 0 Å². The van der Waals surface area contributed by atoms with Gasteiger partial charge in [-0.3, -0.25) is 0 Å². The van der Waals surface area contributed by atoms with Crippen LogP contribution in [0.1, 0.15) is 5.76 Å². The summed E-state index contributed by atoms with van der Waals surface area (Å²) < 4.78 is 5.85. The number of furan rings is 1. The van der Waals surface area contributed by atoms with Gasteiger partial charge in [-0.1, -0.05) is 12.1 Å². The van der Waals surface area contributed by atoms with Crippen molar-refractivity contribution in [2.45, 2.75) is 0 Å². The van der Waals surface area contributed by atoms with Crippen molar-refractivity contribution in [3.63, 3.8) is 0 Å². The molecule has 6 heteroatoms. The van der Waals surface area contributed by atoms with Gasteiger partial charge in [0.25, 0.3) is 0 Å². The lowest BCUT2D eigenvalue weighted by Crippen LogP contribution is -1.84. The Morgan fingerprint density at radius 1 is 1.00 bits per heavy atom. The first-order chi connectivity index (χ1) is 12.2. The summed E-state index contributed by atoms with van der Waals surface area (Å²) in [6, 6.07) is 14.1. The molecule has 0 saturated heterocycles. The first-order valence-corrected chi connectivity index (χ1v) is 10.0. The third-order valence-corrected chi connectivity index (χ3v) is 6.77. The van der Waals surface area contributed by atoms with E-state index in [-0.39, 0.29) is 0 Å². The fourth-order valence-electron chi connectivity index (χ4n) is 2.45. The average Bonchev–Trinajstić information content (AvgIpc) is 3.40. The summed E-state index contributed by atoms with van der Waals surface area (Å²) in [6.07, 6.45) is 2.54. The van der Waals surface area contributed by atoms with Crippen molar-refractivity contribution in [2.24, 2.45) is 0 Å². The number of thiophene rings is 3. The molecule has 0 aliphatic heterocycles. The van der Waals surface area contributed by atoms with E-state index >= 15 is 0 Å². The Balaban J connectivity index is 1.79. The minimum absolute atomic E-state index is 0.526. The molecule has 0 saturated carbocycles. The zero-order valence-electron chi connectivity index (χ0n) is 12.8. The van der Waals surface area contributed by atoms with Crippen LogP contribution in [0.15, 0.2) is 63.7 Å². The molecule has 4 aromatic rings. The fraction of sp³-hybridized carbons (Fsp3) is 0. The Bertz CT molecular complexity index is 1020. The summed E-state index contributed by atoms with van der Waals surface area (Å²) in [5.41, 5.74) is 1.03. The Hall–Kier alpha value is -2.41. The largest absolute Gasteiger partial charge is 0.478 e. The highest BCUT2D eigenvalue weighted by Gasteiger charge is 2.17. The summed E-state index contributed by atoms with van der Waals surface area (Å²) in [6.45, 7) is 0. The summed E-state index contributed by atoms with van der Waals surface area (Å²) in [5.74, 6) is 0.277. The third-order valence-electron chi connectivity index (χ3n) is 3.52. The van der Waals surface area contributed by atoms with Crippen LogP contribution in [0, 0.1) is 0 Å². The number of hydrogen-bond donors (Lipinski definition) is 1. The van der Waals surface area contributed by atoms with Crippen molar-refractivity contribution in [3.05, 3.63) is 65.1 Å². The molecule has 0 aromatic carbocycles. The van der Waals surface area contributed by atoms with E-state index in [1.807, 2.05) is 18.2 Å². The molecule has 0 aliphatic carbocycles. The molecule has 0 radical (unpaired) electrons. The van der Waals surface area contributed by atoms with Crippen molar-refractivity contribution in [1.82, 2.24) is 0 Å². The topological polar surface area (TPSA) is 50.4 Å². The highest BCUT2D eigenvalue weighted by molar-refractivity contribution is 7.26. The standard InChI is InChI=1S/C19H12O3S3/c20-18(21)8-6-12-5-7-14(22-12)13-11-17(15-3-1-9-23-15)25-19(13)16-4-2-10-24-16/h1-11H,(H,20,21). The van der Waals surface area contributed by atoms with Gasteiger partial charge in [-0.25, -0.2) is 4.79 Å². The quantitative estimate of drug-likeness (QED) is 0.396. The van der Waals surface area contributed by atoms with E-state index < -0.39 is 5.97 Å².